The molecule has 4 fully saturated rings. The molecular weight excluding hydrogens is 389 g/mol. The summed E-state index contributed by atoms with van der Waals surface area (Å²) in [5.41, 5.74) is 0.558. The van der Waals surface area contributed by atoms with Gasteiger partial charge in [-0.05, 0) is 111 Å². The highest BCUT2D eigenvalue weighted by Gasteiger charge is 2.60. The molecule has 0 radical (unpaired) electrons. The molecule has 0 aromatic heterocycles. The zero-order valence-corrected chi connectivity index (χ0v) is 18.8. The Kier molecular flexibility index (Phi) is 6.16. The van der Waals surface area contributed by atoms with E-state index in [-0.39, 0.29) is 17.2 Å². The van der Waals surface area contributed by atoms with Crippen molar-refractivity contribution in [3.8, 4) is 0 Å². The number of halogens is 1. The van der Waals surface area contributed by atoms with Gasteiger partial charge in [0.1, 0.15) is 6.17 Å². The van der Waals surface area contributed by atoms with Crippen LogP contribution in [0.3, 0.4) is 0 Å². The summed E-state index contributed by atoms with van der Waals surface area (Å²) in [6, 6.07) is 0. The second-order valence-corrected chi connectivity index (χ2v) is 11.7. The Balaban J connectivity index is 1.41. The summed E-state index contributed by atoms with van der Waals surface area (Å²) in [6.45, 7) is 4.90. The van der Waals surface area contributed by atoms with E-state index in [0.29, 0.717) is 23.7 Å². The van der Waals surface area contributed by atoms with E-state index in [2.05, 4.69) is 18.6 Å². The number of carbonyl (C=O) groups excluding carboxylic acids is 1. The van der Waals surface area contributed by atoms with Crippen molar-refractivity contribution < 1.29 is 17.9 Å². The van der Waals surface area contributed by atoms with E-state index >= 15 is 0 Å². The highest BCUT2D eigenvalue weighted by atomic mass is 32.2. The minimum absolute atomic E-state index is 0.206. The van der Waals surface area contributed by atoms with Gasteiger partial charge in [-0.25, -0.2) is 8.60 Å². The molecule has 2 N–H and O–H groups in total. The minimum Gasteiger partial charge on any atom is -0.289 e. The predicted octanol–water partition coefficient (Wildman–Crippen LogP) is 5.41. The van der Waals surface area contributed by atoms with Crippen molar-refractivity contribution >= 4 is 17.2 Å². The molecule has 4 rings (SSSR count). The molecule has 9 atom stereocenters. The van der Waals surface area contributed by atoms with Gasteiger partial charge in [-0.3, -0.25) is 14.1 Å². The number of fused-ring (bicyclic) bond motifs is 5. The number of nitrogens with one attached hydrogen (secondary N) is 1. The molecule has 9 unspecified atom stereocenters. The van der Waals surface area contributed by atoms with Crippen molar-refractivity contribution in [1.82, 2.24) is 4.72 Å². The number of rotatable bonds is 5. The van der Waals surface area contributed by atoms with Crippen molar-refractivity contribution in [2.24, 2.45) is 40.4 Å². The molecule has 0 aliphatic heterocycles. The maximum absolute atomic E-state index is 14.7. The predicted molar refractivity (Wildman–Crippen MR) is 113 cm³/mol. The molecule has 4 aliphatic rings. The topological polar surface area (TPSA) is 66.4 Å². The Labute approximate surface area is 177 Å². The monoisotopic (exact) mass is 427 g/mol. The maximum Gasteiger partial charge on any atom is 0.261 e. The van der Waals surface area contributed by atoms with Crippen LogP contribution < -0.4 is 4.72 Å². The third-order valence-electron chi connectivity index (χ3n) is 9.93. The molecule has 6 heteroatoms. The van der Waals surface area contributed by atoms with Gasteiger partial charge in [0.05, 0.1) is 0 Å². The van der Waals surface area contributed by atoms with Gasteiger partial charge in [-0.15, -0.1) is 0 Å². The van der Waals surface area contributed by atoms with Crippen LogP contribution in [0.25, 0.3) is 0 Å². The molecule has 1 amide bonds. The summed E-state index contributed by atoms with van der Waals surface area (Å²) in [7, 11) is 0. The smallest absolute Gasteiger partial charge is 0.261 e. The van der Waals surface area contributed by atoms with Crippen LogP contribution >= 0.6 is 0 Å². The number of amides is 1. The molecule has 4 saturated carbocycles. The Morgan fingerprint density at radius 3 is 2.52 bits per heavy atom. The number of carbonyl (C=O) groups is 1. The van der Waals surface area contributed by atoms with Gasteiger partial charge in [0, 0.05) is 6.42 Å². The van der Waals surface area contributed by atoms with Crippen molar-refractivity contribution in [3.05, 3.63) is 0 Å². The molecule has 0 aromatic rings. The Morgan fingerprint density at radius 1 is 1.03 bits per heavy atom. The molecule has 0 bridgehead atoms. The molecule has 0 aromatic carbocycles. The van der Waals surface area contributed by atoms with Crippen LogP contribution in [0.15, 0.2) is 0 Å². The van der Waals surface area contributed by atoms with Crippen LogP contribution in [0, 0.1) is 40.4 Å². The Bertz CT molecular complexity index is 660. The van der Waals surface area contributed by atoms with Crippen molar-refractivity contribution in [1.29, 1.82) is 0 Å². The van der Waals surface area contributed by atoms with Gasteiger partial charge in [0.2, 0.25) is 5.91 Å². The van der Waals surface area contributed by atoms with Gasteiger partial charge in [0.25, 0.3) is 11.3 Å². The fraction of sp³-hybridized carbons (Fsp3) is 0.957. The average molecular weight is 428 g/mol. The summed E-state index contributed by atoms with van der Waals surface area (Å²) in [4.78, 5) is 11.7. The lowest BCUT2D eigenvalue weighted by Crippen LogP contribution is -2.54. The normalized spacial score (nSPS) is 47.6. The lowest BCUT2D eigenvalue weighted by atomic mass is 9.44. The summed E-state index contributed by atoms with van der Waals surface area (Å²) in [5.74, 6) is 2.80. The van der Waals surface area contributed by atoms with Crippen molar-refractivity contribution in [2.75, 3.05) is 0 Å². The van der Waals surface area contributed by atoms with Crippen LogP contribution in [0.1, 0.15) is 90.9 Å². The third-order valence-corrected chi connectivity index (χ3v) is 10.3. The van der Waals surface area contributed by atoms with Crippen LogP contribution in [-0.2, 0) is 16.1 Å². The number of hydrogen-bond acceptors (Lipinski definition) is 2. The van der Waals surface area contributed by atoms with Crippen LogP contribution in [0.5, 0.6) is 0 Å². The minimum atomic E-state index is -2.26. The van der Waals surface area contributed by atoms with Gasteiger partial charge in [-0.2, -0.15) is 0 Å². The van der Waals surface area contributed by atoms with Gasteiger partial charge in [-0.1, -0.05) is 13.8 Å². The summed E-state index contributed by atoms with van der Waals surface area (Å²) in [6.07, 6.45) is 11.9. The van der Waals surface area contributed by atoms with Crippen molar-refractivity contribution in [3.63, 3.8) is 0 Å². The number of alkyl halides is 1. The molecule has 166 valence electrons. The first-order valence-corrected chi connectivity index (χ1v) is 12.9. The molecule has 4 aliphatic carbocycles. The van der Waals surface area contributed by atoms with Crippen LogP contribution in [0.2, 0.25) is 0 Å². The number of hydrogen-bond donors (Lipinski definition) is 2. The quantitative estimate of drug-likeness (QED) is 0.577. The molecule has 4 nitrogen and oxygen atoms in total. The lowest BCUT2D eigenvalue weighted by Gasteiger charge is -2.61. The van der Waals surface area contributed by atoms with E-state index in [0.717, 1.165) is 43.9 Å². The molecular formula is C23H38FNO3S. The van der Waals surface area contributed by atoms with Gasteiger partial charge >= 0.3 is 0 Å². The lowest BCUT2D eigenvalue weighted by molar-refractivity contribution is -0.130. The van der Waals surface area contributed by atoms with E-state index in [4.69, 9.17) is 4.55 Å². The zero-order valence-electron chi connectivity index (χ0n) is 18.0. The standard InChI is InChI=1S/C23H38FNO3S/c1-22-14-12-18-16(9-11-19-20(24)6-4-13-23(18,19)2)17(22)10-8-15(22)5-3-7-21(26)25-29(27)28/h15-20H,3-14H2,1-2H3,(H,25,26)(H,27,28). The van der Waals surface area contributed by atoms with Gasteiger partial charge in [0.15, 0.2) is 0 Å². The SMILES string of the molecule is CC12CCC3C(CCC4C(F)CCCC43C)C1CCC2CCCC(=O)NS(=O)O. The summed E-state index contributed by atoms with van der Waals surface area (Å²) < 4.78 is 36.3. The van der Waals surface area contributed by atoms with Crippen LogP contribution in [-0.4, -0.2) is 20.8 Å². The first kappa shape index (κ1) is 21.7. The average Bonchev–Trinajstić information content (AvgIpc) is 2.97. The molecule has 0 spiro atoms. The third kappa shape index (κ3) is 3.81. The second kappa shape index (κ2) is 8.22. The first-order chi connectivity index (χ1) is 13.8. The molecule has 0 heterocycles. The Hall–Kier alpha value is -0.490. The summed E-state index contributed by atoms with van der Waals surface area (Å²) >= 11 is -2.26. The van der Waals surface area contributed by atoms with E-state index < -0.39 is 17.4 Å². The highest BCUT2D eigenvalue weighted by Crippen LogP contribution is 2.68. The maximum atomic E-state index is 14.7. The van der Waals surface area contributed by atoms with E-state index in [1.165, 1.54) is 38.5 Å². The largest absolute Gasteiger partial charge is 0.289 e. The van der Waals surface area contributed by atoms with Gasteiger partial charge < -0.3 is 0 Å². The summed E-state index contributed by atoms with van der Waals surface area (Å²) in [5, 5.41) is 0. The molecule has 0 saturated heterocycles. The van der Waals surface area contributed by atoms with E-state index in [1.807, 2.05) is 0 Å². The van der Waals surface area contributed by atoms with Crippen molar-refractivity contribution in [2.45, 2.75) is 97.1 Å². The zero-order chi connectivity index (χ0) is 20.8. The first-order valence-electron chi connectivity index (χ1n) is 11.8. The second-order valence-electron chi connectivity index (χ2n) is 11.0. The molecule has 29 heavy (non-hydrogen) atoms. The fourth-order valence-corrected chi connectivity index (χ4v) is 8.87. The van der Waals surface area contributed by atoms with Crippen LogP contribution in [0.4, 0.5) is 4.39 Å². The highest BCUT2D eigenvalue weighted by molar-refractivity contribution is 7.77. The van der Waals surface area contributed by atoms with E-state index in [1.54, 1.807) is 0 Å². The van der Waals surface area contributed by atoms with E-state index in [9.17, 15) is 13.4 Å². The Morgan fingerprint density at radius 2 is 1.76 bits per heavy atom. The fourth-order valence-electron chi connectivity index (χ4n) is 8.57.